The molecular weight excluding hydrogens is 382 g/mol. The van der Waals surface area contributed by atoms with Crippen molar-refractivity contribution in [2.24, 2.45) is 0 Å². The van der Waals surface area contributed by atoms with Gasteiger partial charge in [-0.2, -0.15) is 0 Å². The Hall–Kier alpha value is -2.46. The number of anilines is 2. The van der Waals surface area contributed by atoms with Crippen LogP contribution < -0.4 is 11.1 Å². The highest BCUT2D eigenvalue weighted by molar-refractivity contribution is 7.15. The van der Waals surface area contributed by atoms with E-state index in [0.717, 1.165) is 41.4 Å². The molecule has 0 spiro atoms. The Morgan fingerprint density at radius 1 is 1.11 bits per heavy atom. The van der Waals surface area contributed by atoms with E-state index in [1.165, 1.54) is 22.7 Å². The summed E-state index contributed by atoms with van der Waals surface area (Å²) >= 11 is 2.91. The highest BCUT2D eigenvalue weighted by Gasteiger charge is 2.29. The Balaban J connectivity index is 1.37. The lowest BCUT2D eigenvalue weighted by Crippen LogP contribution is -2.14. The summed E-state index contributed by atoms with van der Waals surface area (Å²) in [5.74, 6) is 0.555. The largest absolute Gasteiger partial charge is 0.374 e. The first-order valence-electron chi connectivity index (χ1n) is 8.79. The van der Waals surface area contributed by atoms with Crippen molar-refractivity contribution in [2.45, 2.75) is 43.9 Å². The molecule has 140 valence electrons. The molecule has 1 aliphatic carbocycles. The second-order valence-corrected chi connectivity index (χ2v) is 8.58. The maximum Gasteiger partial charge on any atom is 0.232 e. The van der Waals surface area contributed by atoms with Crippen LogP contribution in [-0.4, -0.2) is 31.3 Å². The molecule has 1 saturated carbocycles. The maximum absolute atomic E-state index is 12.2. The molecule has 0 aliphatic heterocycles. The molecule has 0 aromatic carbocycles. The number of rotatable bonds is 5. The number of aromatic nitrogens is 5. The first-order chi connectivity index (χ1) is 13.2. The van der Waals surface area contributed by atoms with E-state index in [9.17, 15) is 4.79 Å². The highest BCUT2D eigenvalue weighted by atomic mass is 32.1. The monoisotopic (exact) mass is 401 g/mol. The topological polar surface area (TPSA) is 120 Å². The number of amides is 1. The van der Waals surface area contributed by atoms with Crippen LogP contribution in [0.5, 0.6) is 0 Å². The minimum absolute atomic E-state index is 0.137. The lowest BCUT2D eigenvalue weighted by molar-refractivity contribution is -0.115. The lowest BCUT2D eigenvalue weighted by atomic mass is 9.82. The van der Waals surface area contributed by atoms with Crippen molar-refractivity contribution in [3.8, 4) is 0 Å². The summed E-state index contributed by atoms with van der Waals surface area (Å²) in [5.41, 5.74) is 6.44. The van der Waals surface area contributed by atoms with E-state index in [1.54, 1.807) is 6.20 Å². The van der Waals surface area contributed by atoms with Crippen LogP contribution in [-0.2, 0) is 11.2 Å². The molecule has 1 amide bonds. The Morgan fingerprint density at radius 3 is 2.59 bits per heavy atom. The third-order valence-electron chi connectivity index (χ3n) is 4.58. The van der Waals surface area contributed by atoms with Crippen LogP contribution in [0.2, 0.25) is 0 Å². The van der Waals surface area contributed by atoms with Crippen LogP contribution in [0.25, 0.3) is 0 Å². The van der Waals surface area contributed by atoms with Gasteiger partial charge in [0, 0.05) is 23.7 Å². The quantitative estimate of drug-likeness (QED) is 0.674. The predicted molar refractivity (Wildman–Crippen MR) is 105 cm³/mol. The fraction of sp³-hybridized carbons (Fsp3) is 0.412. The molecule has 3 aromatic rings. The Labute approximate surface area is 164 Å². The SMILES string of the molecule is Nc1nnc([C@@H]2CCC[C@@H](c3nnc(NC(=O)Cc4ccccn4)s3)C2)s1. The second-order valence-electron chi connectivity index (χ2n) is 6.53. The van der Waals surface area contributed by atoms with E-state index in [-0.39, 0.29) is 12.3 Å². The molecule has 2 atom stereocenters. The summed E-state index contributed by atoms with van der Waals surface area (Å²) in [4.78, 5) is 16.3. The number of nitrogens with zero attached hydrogens (tertiary/aromatic N) is 5. The number of nitrogen functional groups attached to an aromatic ring is 1. The van der Waals surface area contributed by atoms with Crippen molar-refractivity contribution in [2.75, 3.05) is 11.1 Å². The number of carbonyl (C=O) groups is 1. The van der Waals surface area contributed by atoms with Gasteiger partial charge in [0.05, 0.1) is 6.42 Å². The van der Waals surface area contributed by atoms with Crippen LogP contribution in [0.1, 0.15) is 53.2 Å². The number of nitrogens with two attached hydrogens (primary N) is 1. The fourth-order valence-corrected chi connectivity index (χ4v) is 5.00. The number of pyridine rings is 1. The Kier molecular flexibility index (Phi) is 5.35. The standard InChI is InChI=1S/C17H19N7OS2/c18-16-23-21-14(26-16)10-4-3-5-11(8-10)15-22-24-17(27-15)20-13(25)9-12-6-1-2-7-19-12/h1-2,6-7,10-11H,3-5,8-9H2,(H2,18,23)(H,20,24,25)/t10-,11-/m1/s1. The van der Waals surface area contributed by atoms with Crippen molar-refractivity contribution < 1.29 is 4.79 Å². The average Bonchev–Trinajstić information content (AvgIpc) is 3.32. The van der Waals surface area contributed by atoms with Gasteiger partial charge in [-0.15, -0.1) is 20.4 Å². The Morgan fingerprint density at radius 2 is 1.89 bits per heavy atom. The van der Waals surface area contributed by atoms with Gasteiger partial charge in [-0.1, -0.05) is 35.2 Å². The zero-order valence-electron chi connectivity index (χ0n) is 14.5. The minimum atomic E-state index is -0.137. The van der Waals surface area contributed by atoms with Gasteiger partial charge in [0.15, 0.2) is 0 Å². The minimum Gasteiger partial charge on any atom is -0.374 e. The second kappa shape index (κ2) is 8.05. The lowest BCUT2D eigenvalue weighted by Gasteiger charge is -2.25. The molecule has 3 heterocycles. The van der Waals surface area contributed by atoms with E-state index in [0.29, 0.717) is 22.1 Å². The van der Waals surface area contributed by atoms with E-state index in [4.69, 9.17) is 5.73 Å². The van der Waals surface area contributed by atoms with E-state index < -0.39 is 0 Å². The molecule has 1 fully saturated rings. The summed E-state index contributed by atoms with van der Waals surface area (Å²) in [6.07, 6.45) is 6.14. The van der Waals surface area contributed by atoms with Crippen molar-refractivity contribution in [3.63, 3.8) is 0 Å². The van der Waals surface area contributed by atoms with Gasteiger partial charge < -0.3 is 11.1 Å². The Bertz CT molecular complexity index is 911. The zero-order chi connectivity index (χ0) is 18.6. The van der Waals surface area contributed by atoms with Gasteiger partial charge in [-0.05, 0) is 31.4 Å². The number of nitrogens with one attached hydrogen (secondary N) is 1. The smallest absolute Gasteiger partial charge is 0.232 e. The highest BCUT2D eigenvalue weighted by Crippen LogP contribution is 2.43. The molecule has 1 aliphatic rings. The normalized spacial score (nSPS) is 19.7. The first-order valence-corrected chi connectivity index (χ1v) is 10.4. The van der Waals surface area contributed by atoms with E-state index in [2.05, 4.69) is 30.7 Å². The van der Waals surface area contributed by atoms with Gasteiger partial charge >= 0.3 is 0 Å². The van der Waals surface area contributed by atoms with Gasteiger partial charge in [0.2, 0.25) is 16.2 Å². The van der Waals surface area contributed by atoms with Gasteiger partial charge in [0.1, 0.15) is 10.0 Å². The molecule has 8 nitrogen and oxygen atoms in total. The van der Waals surface area contributed by atoms with Gasteiger partial charge in [-0.3, -0.25) is 9.78 Å². The van der Waals surface area contributed by atoms with Crippen LogP contribution in [0.15, 0.2) is 24.4 Å². The van der Waals surface area contributed by atoms with E-state index >= 15 is 0 Å². The van der Waals surface area contributed by atoms with Crippen molar-refractivity contribution in [1.82, 2.24) is 25.4 Å². The molecule has 4 rings (SSSR count). The van der Waals surface area contributed by atoms with Crippen LogP contribution in [0.3, 0.4) is 0 Å². The molecule has 0 unspecified atom stereocenters. The first kappa shape index (κ1) is 17.9. The van der Waals surface area contributed by atoms with Crippen LogP contribution >= 0.6 is 22.7 Å². The molecular formula is C17H19N7OS2. The maximum atomic E-state index is 12.2. The summed E-state index contributed by atoms with van der Waals surface area (Å²) in [5, 5.41) is 22.4. The molecule has 3 aromatic heterocycles. The van der Waals surface area contributed by atoms with E-state index in [1.807, 2.05) is 18.2 Å². The number of hydrogen-bond acceptors (Lipinski definition) is 9. The third-order valence-corrected chi connectivity index (χ3v) is 6.50. The third kappa shape index (κ3) is 4.45. The number of carbonyl (C=O) groups excluding carboxylic acids is 1. The van der Waals surface area contributed by atoms with Gasteiger partial charge in [0.25, 0.3) is 0 Å². The van der Waals surface area contributed by atoms with Crippen molar-refractivity contribution >= 4 is 38.8 Å². The fourth-order valence-electron chi connectivity index (χ4n) is 3.33. The summed E-state index contributed by atoms with van der Waals surface area (Å²) in [6.45, 7) is 0. The van der Waals surface area contributed by atoms with Crippen LogP contribution in [0, 0.1) is 0 Å². The molecule has 10 heteroatoms. The van der Waals surface area contributed by atoms with Crippen molar-refractivity contribution in [1.29, 1.82) is 0 Å². The van der Waals surface area contributed by atoms with Crippen LogP contribution in [0.4, 0.5) is 10.3 Å². The average molecular weight is 402 g/mol. The molecule has 0 saturated heterocycles. The predicted octanol–water partition coefficient (Wildman–Crippen LogP) is 2.99. The molecule has 0 bridgehead atoms. The molecule has 27 heavy (non-hydrogen) atoms. The molecule has 0 radical (unpaired) electrons. The summed E-state index contributed by atoms with van der Waals surface area (Å²) in [6, 6.07) is 5.52. The summed E-state index contributed by atoms with van der Waals surface area (Å²) < 4.78 is 0. The number of hydrogen-bond donors (Lipinski definition) is 2. The van der Waals surface area contributed by atoms with Crippen molar-refractivity contribution in [3.05, 3.63) is 40.1 Å². The van der Waals surface area contributed by atoms with Gasteiger partial charge in [-0.25, -0.2) is 0 Å². The molecule has 3 N–H and O–H groups in total. The zero-order valence-corrected chi connectivity index (χ0v) is 16.2. The summed E-state index contributed by atoms with van der Waals surface area (Å²) in [7, 11) is 0.